The second-order valence-electron chi connectivity index (χ2n) is 4.90. The van der Waals surface area contributed by atoms with Crippen molar-refractivity contribution in [2.24, 2.45) is 0 Å². The van der Waals surface area contributed by atoms with Crippen LogP contribution in [0.3, 0.4) is 0 Å². The fourth-order valence-electron chi connectivity index (χ4n) is 2.09. The van der Waals surface area contributed by atoms with Gasteiger partial charge in [0.1, 0.15) is 5.82 Å². The molecule has 1 amide bonds. The van der Waals surface area contributed by atoms with Crippen LogP contribution in [0, 0.1) is 0 Å². The van der Waals surface area contributed by atoms with Gasteiger partial charge in [-0.15, -0.1) is 23.1 Å². The van der Waals surface area contributed by atoms with E-state index in [1.807, 2.05) is 36.6 Å². The minimum atomic E-state index is -0.139. The number of nitrogens with zero attached hydrogens (tertiary/aromatic N) is 2. The second kappa shape index (κ2) is 6.93. The van der Waals surface area contributed by atoms with Gasteiger partial charge in [0.25, 0.3) is 0 Å². The molecular formula is C15H16N4OS2. The van der Waals surface area contributed by atoms with Crippen LogP contribution in [0.4, 0.5) is 0 Å². The van der Waals surface area contributed by atoms with Crippen molar-refractivity contribution in [3.8, 4) is 0 Å². The molecule has 2 N–H and O–H groups in total. The van der Waals surface area contributed by atoms with Crippen molar-refractivity contribution in [3.63, 3.8) is 0 Å². The predicted octanol–water partition coefficient (Wildman–Crippen LogP) is 3.13. The van der Waals surface area contributed by atoms with Gasteiger partial charge in [0.15, 0.2) is 0 Å². The number of thioether (sulfide) groups is 1. The van der Waals surface area contributed by atoms with Crippen molar-refractivity contribution in [1.29, 1.82) is 0 Å². The van der Waals surface area contributed by atoms with Crippen LogP contribution in [0.15, 0.2) is 35.2 Å². The van der Waals surface area contributed by atoms with Gasteiger partial charge < -0.3 is 10.3 Å². The van der Waals surface area contributed by atoms with Gasteiger partial charge in [-0.25, -0.2) is 9.97 Å². The largest absolute Gasteiger partial charge is 0.346 e. The Morgan fingerprint density at radius 1 is 1.45 bits per heavy atom. The number of aromatic amines is 1. The van der Waals surface area contributed by atoms with Crippen LogP contribution in [0.2, 0.25) is 0 Å². The Hall–Kier alpha value is -1.86. The zero-order valence-electron chi connectivity index (χ0n) is 12.1. The topological polar surface area (TPSA) is 70.7 Å². The summed E-state index contributed by atoms with van der Waals surface area (Å²) in [5.74, 6) is 1.96. The van der Waals surface area contributed by atoms with Gasteiger partial charge in [0.05, 0.1) is 34.0 Å². The number of fused-ring (bicyclic) bond motifs is 1. The van der Waals surface area contributed by atoms with Crippen LogP contribution in [0.25, 0.3) is 11.0 Å². The molecule has 7 heteroatoms. The number of imidazole rings is 1. The Morgan fingerprint density at radius 2 is 2.32 bits per heavy atom. The summed E-state index contributed by atoms with van der Waals surface area (Å²) in [6.45, 7) is 1.93. The van der Waals surface area contributed by atoms with E-state index < -0.39 is 0 Å². The highest BCUT2D eigenvalue weighted by Crippen LogP contribution is 2.16. The minimum absolute atomic E-state index is 0.00758. The number of aromatic nitrogens is 3. The van der Waals surface area contributed by atoms with Gasteiger partial charge >= 0.3 is 0 Å². The Morgan fingerprint density at radius 3 is 3.09 bits per heavy atom. The summed E-state index contributed by atoms with van der Waals surface area (Å²) in [6.07, 6.45) is 0. The molecule has 2 aromatic heterocycles. The number of carbonyl (C=O) groups excluding carboxylic acids is 1. The molecule has 0 bridgehead atoms. The monoisotopic (exact) mass is 332 g/mol. The molecule has 0 aliphatic rings. The molecule has 0 fully saturated rings. The fraction of sp³-hybridized carbons (Fsp3) is 0.267. The molecule has 1 atom stereocenters. The summed E-state index contributed by atoms with van der Waals surface area (Å²) in [4.78, 5) is 23.9. The summed E-state index contributed by atoms with van der Waals surface area (Å²) in [7, 11) is 0. The average Bonchev–Trinajstić information content (AvgIpc) is 3.16. The number of H-pyrrole nitrogens is 1. The van der Waals surface area contributed by atoms with Crippen molar-refractivity contribution in [2.75, 3.05) is 5.75 Å². The first-order valence-corrected chi connectivity index (χ1v) is 9.01. The summed E-state index contributed by atoms with van der Waals surface area (Å²) >= 11 is 3.13. The van der Waals surface area contributed by atoms with Gasteiger partial charge in [-0.05, 0) is 19.1 Å². The maximum Gasteiger partial charge on any atom is 0.230 e. The Bertz CT molecular complexity index is 721. The fourth-order valence-corrected chi connectivity index (χ4v) is 3.49. The molecule has 0 saturated heterocycles. The van der Waals surface area contributed by atoms with Gasteiger partial charge in [0.2, 0.25) is 5.91 Å². The van der Waals surface area contributed by atoms with Gasteiger partial charge in [-0.3, -0.25) is 4.79 Å². The van der Waals surface area contributed by atoms with Crippen molar-refractivity contribution in [1.82, 2.24) is 20.3 Å². The van der Waals surface area contributed by atoms with Crippen molar-refractivity contribution < 1.29 is 4.79 Å². The molecule has 0 saturated carbocycles. The lowest BCUT2D eigenvalue weighted by molar-refractivity contribution is -0.119. The van der Waals surface area contributed by atoms with Crippen LogP contribution in [0.1, 0.15) is 24.5 Å². The molecule has 0 spiro atoms. The third-order valence-electron chi connectivity index (χ3n) is 3.16. The normalized spacial score (nSPS) is 12.4. The van der Waals surface area contributed by atoms with E-state index in [2.05, 4.69) is 20.3 Å². The predicted molar refractivity (Wildman–Crippen MR) is 90.9 cm³/mol. The molecule has 2 heterocycles. The maximum atomic E-state index is 12.0. The number of benzene rings is 1. The molecule has 0 unspecified atom stereocenters. The molecule has 0 aliphatic carbocycles. The molecule has 22 heavy (non-hydrogen) atoms. The molecule has 0 aliphatic heterocycles. The summed E-state index contributed by atoms with van der Waals surface area (Å²) in [5, 5.41) is 4.97. The first-order chi connectivity index (χ1) is 10.7. The first-order valence-electron chi connectivity index (χ1n) is 6.91. The van der Waals surface area contributed by atoms with Gasteiger partial charge in [0, 0.05) is 11.1 Å². The molecule has 114 valence electrons. The smallest absolute Gasteiger partial charge is 0.230 e. The maximum absolute atomic E-state index is 12.0. The van der Waals surface area contributed by atoms with Crippen LogP contribution < -0.4 is 5.32 Å². The van der Waals surface area contributed by atoms with Crippen molar-refractivity contribution >= 4 is 40.0 Å². The van der Waals surface area contributed by atoms with Crippen LogP contribution in [-0.4, -0.2) is 26.6 Å². The summed E-state index contributed by atoms with van der Waals surface area (Å²) < 4.78 is 0. The lowest BCUT2D eigenvalue weighted by Gasteiger charge is -2.11. The summed E-state index contributed by atoms with van der Waals surface area (Å²) in [5.41, 5.74) is 4.72. The van der Waals surface area contributed by atoms with E-state index in [1.54, 1.807) is 28.6 Å². The number of thiazole rings is 1. The highest BCUT2D eigenvalue weighted by molar-refractivity contribution is 7.99. The minimum Gasteiger partial charge on any atom is -0.346 e. The van der Waals surface area contributed by atoms with Gasteiger partial charge in [-0.1, -0.05) is 12.1 Å². The van der Waals surface area contributed by atoms with Crippen LogP contribution in [0.5, 0.6) is 0 Å². The zero-order chi connectivity index (χ0) is 15.4. The number of hydrogen-bond acceptors (Lipinski definition) is 5. The van der Waals surface area contributed by atoms with Crippen LogP contribution >= 0.6 is 23.1 Å². The number of para-hydroxylation sites is 2. The molecular weight excluding hydrogens is 316 g/mol. The SMILES string of the molecule is C[C@@H](NC(=O)CSCc1cscn1)c1nc2ccccc2[nH]1. The van der Waals surface area contributed by atoms with Crippen molar-refractivity contribution in [3.05, 3.63) is 46.7 Å². The third kappa shape index (κ3) is 3.66. The Balaban J connectivity index is 1.52. The first kappa shape index (κ1) is 15.1. The van der Waals surface area contributed by atoms with E-state index >= 15 is 0 Å². The standard InChI is InChI=1S/C15H16N4OS2/c1-10(15-18-12-4-2-3-5-13(12)19-15)17-14(20)8-21-6-11-7-22-9-16-11/h2-5,7,9-10H,6,8H2,1H3,(H,17,20)(H,18,19)/t10-/m1/s1. The molecule has 1 aromatic carbocycles. The molecule has 3 rings (SSSR count). The number of amides is 1. The third-order valence-corrected chi connectivity index (χ3v) is 4.76. The van der Waals surface area contributed by atoms with E-state index in [1.165, 1.54) is 0 Å². The number of rotatable bonds is 6. The Kier molecular flexibility index (Phi) is 4.74. The van der Waals surface area contributed by atoms with Crippen molar-refractivity contribution in [2.45, 2.75) is 18.7 Å². The Labute approximate surface area is 136 Å². The number of nitrogens with one attached hydrogen (secondary N) is 2. The van der Waals surface area contributed by atoms with E-state index in [0.717, 1.165) is 28.3 Å². The van der Waals surface area contributed by atoms with E-state index in [4.69, 9.17) is 0 Å². The molecule has 5 nitrogen and oxygen atoms in total. The number of carbonyl (C=O) groups is 1. The number of hydrogen-bond donors (Lipinski definition) is 2. The quantitative estimate of drug-likeness (QED) is 0.727. The molecule has 0 radical (unpaired) electrons. The summed E-state index contributed by atoms with van der Waals surface area (Å²) in [6, 6.07) is 7.70. The van der Waals surface area contributed by atoms with Crippen LogP contribution in [-0.2, 0) is 10.5 Å². The highest BCUT2D eigenvalue weighted by Gasteiger charge is 2.13. The zero-order valence-corrected chi connectivity index (χ0v) is 13.7. The highest BCUT2D eigenvalue weighted by atomic mass is 32.2. The van der Waals surface area contributed by atoms with Gasteiger partial charge in [-0.2, -0.15) is 0 Å². The average molecular weight is 332 g/mol. The second-order valence-corrected chi connectivity index (χ2v) is 6.61. The van der Waals surface area contributed by atoms with E-state index in [0.29, 0.717) is 5.75 Å². The van der Waals surface area contributed by atoms with E-state index in [9.17, 15) is 4.79 Å². The lowest BCUT2D eigenvalue weighted by atomic mass is 10.3. The molecule has 3 aromatic rings. The van der Waals surface area contributed by atoms with E-state index in [-0.39, 0.29) is 11.9 Å². The lowest BCUT2D eigenvalue weighted by Crippen LogP contribution is -2.28.